The van der Waals surface area contributed by atoms with E-state index < -0.39 is 22.1 Å². The first-order valence-corrected chi connectivity index (χ1v) is 5.43. The molecule has 0 saturated carbocycles. The zero-order valence-electron chi connectivity index (χ0n) is 9.87. The van der Waals surface area contributed by atoms with Crippen LogP contribution < -0.4 is 5.63 Å². The fraction of sp³-hybridized carbons (Fsp3) is 0.167. The molecule has 0 spiro atoms. The van der Waals surface area contributed by atoms with E-state index in [1.165, 1.54) is 12.1 Å². The number of nitro benzene ring substituents is 1. The normalized spacial score (nSPS) is 10.6. The number of rotatable bonds is 3. The van der Waals surface area contributed by atoms with Gasteiger partial charge in [-0.15, -0.1) is 0 Å². The van der Waals surface area contributed by atoms with Gasteiger partial charge in [-0.05, 0) is 18.1 Å². The Morgan fingerprint density at radius 3 is 2.68 bits per heavy atom. The lowest BCUT2D eigenvalue weighted by Gasteiger charge is -2.06. The summed E-state index contributed by atoms with van der Waals surface area (Å²) in [5.74, 6) is -1.37. The Labute approximate surface area is 106 Å². The molecular weight excluding hydrogens is 254 g/mol. The van der Waals surface area contributed by atoms with Gasteiger partial charge in [0.2, 0.25) is 0 Å². The van der Waals surface area contributed by atoms with Gasteiger partial charge in [0.25, 0.3) is 5.69 Å². The van der Waals surface area contributed by atoms with Crippen LogP contribution in [0.15, 0.2) is 27.4 Å². The van der Waals surface area contributed by atoms with Crippen molar-refractivity contribution in [1.82, 2.24) is 0 Å². The van der Waals surface area contributed by atoms with E-state index in [1.807, 2.05) is 0 Å². The van der Waals surface area contributed by atoms with Gasteiger partial charge in [-0.3, -0.25) is 10.1 Å². The van der Waals surface area contributed by atoms with Gasteiger partial charge in [0.15, 0.2) is 0 Å². The molecule has 0 atom stereocenters. The molecule has 0 aliphatic rings. The molecule has 0 aliphatic heterocycles. The van der Waals surface area contributed by atoms with Crippen LogP contribution in [-0.2, 0) is 6.42 Å². The number of hydrogen-bond acceptors (Lipinski definition) is 5. The van der Waals surface area contributed by atoms with Crippen molar-refractivity contribution in [2.75, 3.05) is 0 Å². The number of aromatic carboxylic acids is 1. The molecule has 7 heteroatoms. The Bertz CT molecular complexity index is 746. The summed E-state index contributed by atoms with van der Waals surface area (Å²) in [5.41, 5.74) is -1.32. The quantitative estimate of drug-likeness (QED) is 0.514. The molecule has 0 saturated heterocycles. The highest BCUT2D eigenvalue weighted by molar-refractivity contribution is 5.95. The number of hydrogen-bond donors (Lipinski definition) is 1. The highest BCUT2D eigenvalue weighted by Gasteiger charge is 2.20. The van der Waals surface area contributed by atoms with Gasteiger partial charge >= 0.3 is 11.6 Å². The van der Waals surface area contributed by atoms with Gasteiger partial charge in [0.05, 0.1) is 11.0 Å². The van der Waals surface area contributed by atoms with Gasteiger partial charge in [-0.2, -0.15) is 0 Å². The molecule has 19 heavy (non-hydrogen) atoms. The van der Waals surface area contributed by atoms with Gasteiger partial charge in [-0.1, -0.05) is 6.92 Å². The van der Waals surface area contributed by atoms with E-state index in [1.54, 1.807) is 6.92 Å². The Kier molecular flexibility index (Phi) is 3.04. The first-order valence-electron chi connectivity index (χ1n) is 5.43. The average Bonchev–Trinajstić information content (AvgIpc) is 2.35. The smallest absolute Gasteiger partial charge is 0.351 e. The number of aryl methyl sites for hydroxylation is 1. The monoisotopic (exact) mass is 263 g/mol. The molecule has 7 nitrogen and oxygen atoms in total. The van der Waals surface area contributed by atoms with E-state index in [-0.39, 0.29) is 11.3 Å². The number of nitro groups is 1. The molecule has 1 aromatic heterocycles. The van der Waals surface area contributed by atoms with Crippen LogP contribution >= 0.6 is 0 Å². The van der Waals surface area contributed by atoms with Crippen LogP contribution in [0.1, 0.15) is 22.8 Å². The van der Waals surface area contributed by atoms with Crippen LogP contribution in [0, 0.1) is 10.1 Å². The van der Waals surface area contributed by atoms with Gasteiger partial charge < -0.3 is 9.52 Å². The second-order valence-electron chi connectivity index (χ2n) is 3.84. The van der Waals surface area contributed by atoms with Crippen molar-refractivity contribution in [3.63, 3.8) is 0 Å². The summed E-state index contributed by atoms with van der Waals surface area (Å²) in [6, 6.07) is 3.75. The summed E-state index contributed by atoms with van der Waals surface area (Å²) in [6.07, 6.45) is 0.307. The number of carboxylic acid groups (broad SMARTS) is 1. The summed E-state index contributed by atoms with van der Waals surface area (Å²) >= 11 is 0. The van der Waals surface area contributed by atoms with Crippen molar-refractivity contribution in [2.24, 2.45) is 0 Å². The van der Waals surface area contributed by atoms with Crippen LogP contribution in [0.3, 0.4) is 0 Å². The molecule has 0 aliphatic carbocycles. The van der Waals surface area contributed by atoms with Crippen LogP contribution in [0.2, 0.25) is 0 Å². The summed E-state index contributed by atoms with van der Waals surface area (Å²) in [4.78, 5) is 32.7. The number of carbonyl (C=O) groups is 1. The highest BCUT2D eigenvalue weighted by Crippen LogP contribution is 2.24. The predicted octanol–water partition coefficient (Wildman–Crippen LogP) is 1.96. The summed E-state index contributed by atoms with van der Waals surface area (Å²) in [6.45, 7) is 1.70. The lowest BCUT2D eigenvalue weighted by Crippen LogP contribution is -2.17. The third kappa shape index (κ3) is 2.05. The summed E-state index contributed by atoms with van der Waals surface area (Å²) < 4.78 is 4.85. The Hall–Kier alpha value is -2.70. The van der Waals surface area contributed by atoms with Crippen molar-refractivity contribution >= 4 is 22.6 Å². The fourth-order valence-electron chi connectivity index (χ4n) is 1.95. The third-order valence-electron chi connectivity index (χ3n) is 2.78. The highest BCUT2D eigenvalue weighted by atomic mass is 16.6. The Balaban J connectivity index is 2.89. The fourth-order valence-corrected chi connectivity index (χ4v) is 1.95. The van der Waals surface area contributed by atoms with Crippen molar-refractivity contribution in [2.45, 2.75) is 13.3 Å². The van der Waals surface area contributed by atoms with Crippen molar-refractivity contribution in [3.05, 3.63) is 49.9 Å². The van der Waals surface area contributed by atoms with Crippen molar-refractivity contribution in [1.29, 1.82) is 0 Å². The lowest BCUT2D eigenvalue weighted by molar-refractivity contribution is -0.384. The minimum atomic E-state index is -1.37. The van der Waals surface area contributed by atoms with E-state index in [0.29, 0.717) is 17.4 Å². The molecule has 0 fully saturated rings. The Morgan fingerprint density at radius 2 is 2.16 bits per heavy atom. The number of fused-ring (bicyclic) bond motifs is 1. The number of non-ortho nitro benzene ring substituents is 1. The maximum atomic E-state index is 11.6. The van der Waals surface area contributed by atoms with E-state index in [2.05, 4.69) is 0 Å². The Morgan fingerprint density at radius 1 is 1.47 bits per heavy atom. The standard InChI is InChI=1S/C12H9NO6/c1-2-7-8-4-3-6(13(17)18)5-9(8)19-12(16)10(7)11(14)15/h3-5H,2H2,1H3,(H,14,15). The molecule has 2 aromatic rings. The zero-order chi connectivity index (χ0) is 14.2. The molecule has 1 N–H and O–H groups in total. The van der Waals surface area contributed by atoms with Crippen LogP contribution in [0.25, 0.3) is 11.0 Å². The maximum absolute atomic E-state index is 11.6. The molecule has 0 bridgehead atoms. The minimum Gasteiger partial charge on any atom is -0.477 e. The van der Waals surface area contributed by atoms with E-state index in [0.717, 1.165) is 6.07 Å². The molecule has 98 valence electrons. The zero-order valence-corrected chi connectivity index (χ0v) is 9.87. The van der Waals surface area contributed by atoms with Crippen LogP contribution in [0.4, 0.5) is 5.69 Å². The first-order chi connectivity index (χ1) is 8.95. The van der Waals surface area contributed by atoms with E-state index >= 15 is 0 Å². The minimum absolute atomic E-state index is 0.0149. The SMILES string of the molecule is CCc1c(C(=O)O)c(=O)oc2cc([N+](=O)[O-])ccc12. The molecule has 0 radical (unpaired) electrons. The number of nitrogens with zero attached hydrogens (tertiary/aromatic N) is 1. The van der Waals surface area contributed by atoms with E-state index in [9.17, 15) is 19.7 Å². The van der Waals surface area contributed by atoms with Crippen LogP contribution in [0.5, 0.6) is 0 Å². The second kappa shape index (κ2) is 4.52. The number of carboxylic acids is 1. The average molecular weight is 263 g/mol. The van der Waals surface area contributed by atoms with Crippen LogP contribution in [-0.4, -0.2) is 16.0 Å². The molecule has 1 aromatic carbocycles. The summed E-state index contributed by atoms with van der Waals surface area (Å²) in [7, 11) is 0. The first kappa shape index (κ1) is 12.7. The van der Waals surface area contributed by atoms with Gasteiger partial charge in [0.1, 0.15) is 11.1 Å². The molecule has 0 unspecified atom stereocenters. The number of benzene rings is 1. The largest absolute Gasteiger partial charge is 0.477 e. The van der Waals surface area contributed by atoms with E-state index in [4.69, 9.17) is 9.52 Å². The summed E-state index contributed by atoms with van der Waals surface area (Å²) in [5, 5.41) is 20.1. The topological polar surface area (TPSA) is 111 Å². The van der Waals surface area contributed by atoms with Gasteiger partial charge in [-0.25, -0.2) is 9.59 Å². The van der Waals surface area contributed by atoms with Crippen molar-refractivity contribution in [3.8, 4) is 0 Å². The molecule has 1 heterocycles. The maximum Gasteiger partial charge on any atom is 0.351 e. The van der Waals surface area contributed by atoms with Gasteiger partial charge in [0, 0.05) is 11.5 Å². The molecule has 0 amide bonds. The molecular formula is C12H9NO6. The molecule has 2 rings (SSSR count). The second-order valence-corrected chi connectivity index (χ2v) is 3.84. The lowest BCUT2D eigenvalue weighted by atomic mass is 10.0. The predicted molar refractivity (Wildman–Crippen MR) is 65.5 cm³/mol. The van der Waals surface area contributed by atoms with Crippen molar-refractivity contribution < 1.29 is 19.2 Å². The third-order valence-corrected chi connectivity index (χ3v) is 2.78.